The molecule has 0 spiro atoms. The van der Waals surface area contributed by atoms with Gasteiger partial charge in [0, 0.05) is 14.5 Å². The van der Waals surface area contributed by atoms with Gasteiger partial charge in [-0.25, -0.2) is 9.48 Å². The number of rotatable bonds is 2. The van der Waals surface area contributed by atoms with Gasteiger partial charge in [-0.3, -0.25) is 0 Å². The van der Waals surface area contributed by atoms with Crippen LogP contribution in [0.1, 0.15) is 16.7 Å². The van der Waals surface area contributed by atoms with Crippen LogP contribution in [0.25, 0.3) is 0 Å². The summed E-state index contributed by atoms with van der Waals surface area (Å²) in [6.45, 7) is 8.04. The second-order valence-corrected chi connectivity index (χ2v) is 7.81. The van der Waals surface area contributed by atoms with Gasteiger partial charge in [-0.2, -0.15) is 0 Å². The van der Waals surface area contributed by atoms with Crippen LogP contribution in [-0.2, 0) is 0 Å². The van der Waals surface area contributed by atoms with Crippen LogP contribution in [0.4, 0.5) is 11.4 Å². The lowest BCUT2D eigenvalue weighted by atomic mass is 10.1. The third-order valence-electron chi connectivity index (χ3n) is 4.14. The molecule has 3 rings (SSSR count). The van der Waals surface area contributed by atoms with E-state index in [4.69, 9.17) is 0 Å². The van der Waals surface area contributed by atoms with E-state index in [0.717, 1.165) is 33.3 Å². The molecule has 0 aromatic heterocycles. The van der Waals surface area contributed by atoms with Crippen LogP contribution in [0, 0.1) is 20.8 Å². The van der Waals surface area contributed by atoms with Crippen LogP contribution < -0.4 is 4.90 Å². The van der Waals surface area contributed by atoms with Crippen molar-refractivity contribution in [3.63, 3.8) is 0 Å². The lowest BCUT2D eigenvalue weighted by Crippen LogP contribution is -2.20. The van der Waals surface area contributed by atoms with Crippen molar-refractivity contribution in [1.29, 1.82) is 0 Å². The molecule has 0 saturated heterocycles. The summed E-state index contributed by atoms with van der Waals surface area (Å²) in [5.41, 5.74) is 5.66. The minimum atomic E-state index is 0.305. The third kappa shape index (κ3) is 3.17. The highest BCUT2D eigenvalue weighted by molar-refractivity contribution is 9.10. The van der Waals surface area contributed by atoms with E-state index in [0.29, 0.717) is 5.75 Å². The number of nitrogens with zero attached hydrogens (tertiary/aromatic N) is 2. The smallest absolute Gasteiger partial charge is 0.244 e. The standard InChI is InChI=1S/C18H18Br2N2O/c1-11-6-14(19)7-12(2)17(11)21-4-5-22(10-21)18-13(3)8-15(20)9-16(18)23/h6-10H,4-5H2,1-3H3/p+1. The number of aryl methyl sites for hydroxylation is 3. The first-order chi connectivity index (χ1) is 10.9. The number of hydrogen-bond acceptors (Lipinski definition) is 2. The number of anilines is 1. The van der Waals surface area contributed by atoms with Crippen LogP contribution in [0.2, 0.25) is 0 Å². The molecule has 1 aliphatic rings. The number of aromatic hydroxyl groups is 1. The number of phenolic OH excluding ortho intramolecular Hbond substituents is 1. The number of hydrogen-bond donors (Lipinski definition) is 1. The van der Waals surface area contributed by atoms with Crippen LogP contribution in [-0.4, -0.2) is 29.1 Å². The summed E-state index contributed by atoms with van der Waals surface area (Å²) in [5.74, 6) is 0.305. The van der Waals surface area contributed by atoms with Crippen LogP contribution in [0.3, 0.4) is 0 Å². The van der Waals surface area contributed by atoms with Gasteiger partial charge in [-0.1, -0.05) is 31.9 Å². The average Bonchev–Trinajstić information content (AvgIpc) is 2.85. The lowest BCUT2D eigenvalue weighted by Gasteiger charge is -2.13. The molecular weight excluding hydrogens is 420 g/mol. The minimum Gasteiger partial charge on any atom is -0.504 e. The Bertz CT molecular complexity index is 769. The molecule has 1 heterocycles. The van der Waals surface area contributed by atoms with Gasteiger partial charge in [0.2, 0.25) is 6.34 Å². The molecule has 0 bridgehead atoms. The Morgan fingerprint density at radius 1 is 0.957 bits per heavy atom. The van der Waals surface area contributed by atoms with Gasteiger partial charge >= 0.3 is 0 Å². The van der Waals surface area contributed by atoms with E-state index in [9.17, 15) is 5.11 Å². The predicted octanol–water partition coefficient (Wildman–Crippen LogP) is 5.03. The van der Waals surface area contributed by atoms with Gasteiger partial charge in [0.1, 0.15) is 18.8 Å². The van der Waals surface area contributed by atoms with Gasteiger partial charge in [0.05, 0.1) is 0 Å². The van der Waals surface area contributed by atoms with E-state index in [1.54, 1.807) is 6.07 Å². The Morgan fingerprint density at radius 3 is 2.13 bits per heavy atom. The molecule has 0 atom stereocenters. The fourth-order valence-corrected chi connectivity index (χ4v) is 4.53. The Hall–Kier alpha value is -1.33. The molecule has 1 N–H and O–H groups in total. The van der Waals surface area contributed by atoms with Crippen molar-refractivity contribution in [2.75, 3.05) is 18.0 Å². The monoisotopic (exact) mass is 437 g/mol. The van der Waals surface area contributed by atoms with Crippen LogP contribution in [0.5, 0.6) is 5.75 Å². The second kappa shape index (κ2) is 6.29. The van der Waals surface area contributed by atoms with Crippen molar-refractivity contribution >= 4 is 49.6 Å². The first kappa shape index (κ1) is 16.5. The lowest BCUT2D eigenvalue weighted by molar-refractivity contribution is -0.425. The van der Waals surface area contributed by atoms with E-state index in [1.807, 2.05) is 13.0 Å². The number of benzene rings is 2. The fourth-order valence-electron chi connectivity index (χ4n) is 3.29. The number of phenols is 1. The summed E-state index contributed by atoms with van der Waals surface area (Å²) in [4.78, 5) is 2.26. The van der Waals surface area contributed by atoms with Crippen LogP contribution in [0.15, 0.2) is 33.2 Å². The largest absolute Gasteiger partial charge is 0.504 e. The maximum atomic E-state index is 10.3. The molecule has 0 amide bonds. The maximum absolute atomic E-state index is 10.3. The van der Waals surface area contributed by atoms with Gasteiger partial charge in [0.15, 0.2) is 11.4 Å². The minimum absolute atomic E-state index is 0.305. The van der Waals surface area contributed by atoms with Crippen molar-refractivity contribution in [3.8, 4) is 5.75 Å². The summed E-state index contributed by atoms with van der Waals surface area (Å²) in [6.07, 6.45) is 2.10. The Morgan fingerprint density at radius 2 is 1.52 bits per heavy atom. The highest BCUT2D eigenvalue weighted by Gasteiger charge is 2.27. The fraction of sp³-hybridized carbons (Fsp3) is 0.278. The summed E-state index contributed by atoms with van der Waals surface area (Å²) < 4.78 is 4.12. The molecule has 0 radical (unpaired) electrons. The SMILES string of the molecule is Cc1cc(Br)cc(C)c1N1C=[N+](c2c(C)cc(Br)cc2O)CC1. The molecular formula is C18H19Br2N2O+. The maximum Gasteiger partial charge on any atom is 0.244 e. The zero-order valence-corrected chi connectivity index (χ0v) is 16.6. The summed E-state index contributed by atoms with van der Waals surface area (Å²) in [5, 5.41) is 10.3. The molecule has 0 aliphatic carbocycles. The summed E-state index contributed by atoms with van der Waals surface area (Å²) >= 11 is 6.98. The molecule has 5 heteroatoms. The van der Waals surface area contributed by atoms with Gasteiger partial charge in [-0.05, 0) is 56.2 Å². The Balaban J connectivity index is 2.03. The first-order valence-electron chi connectivity index (χ1n) is 7.51. The Kier molecular flexibility index (Phi) is 4.52. The second-order valence-electron chi connectivity index (χ2n) is 5.98. The molecule has 3 nitrogen and oxygen atoms in total. The van der Waals surface area contributed by atoms with Crippen molar-refractivity contribution in [2.45, 2.75) is 20.8 Å². The van der Waals surface area contributed by atoms with Crippen molar-refractivity contribution in [3.05, 3.63) is 49.9 Å². The normalized spacial score (nSPS) is 14.3. The van der Waals surface area contributed by atoms with Crippen molar-refractivity contribution in [2.24, 2.45) is 0 Å². The first-order valence-corrected chi connectivity index (χ1v) is 9.09. The molecule has 23 heavy (non-hydrogen) atoms. The van der Waals surface area contributed by atoms with Crippen LogP contribution >= 0.6 is 31.9 Å². The zero-order chi connectivity index (χ0) is 16.7. The molecule has 0 fully saturated rings. The van der Waals surface area contributed by atoms with Crippen molar-refractivity contribution < 1.29 is 9.68 Å². The summed E-state index contributed by atoms with van der Waals surface area (Å²) in [7, 11) is 0. The van der Waals surface area contributed by atoms with E-state index in [2.05, 4.69) is 73.7 Å². The average molecular weight is 439 g/mol. The molecule has 2 aromatic carbocycles. The number of halogens is 2. The van der Waals surface area contributed by atoms with Gasteiger partial charge in [0.25, 0.3) is 0 Å². The zero-order valence-electron chi connectivity index (χ0n) is 13.4. The highest BCUT2D eigenvalue weighted by atomic mass is 79.9. The molecule has 2 aromatic rings. The summed E-state index contributed by atoms with van der Waals surface area (Å²) in [6, 6.07) is 8.05. The predicted molar refractivity (Wildman–Crippen MR) is 102 cm³/mol. The van der Waals surface area contributed by atoms with E-state index >= 15 is 0 Å². The van der Waals surface area contributed by atoms with E-state index in [-0.39, 0.29) is 0 Å². The van der Waals surface area contributed by atoms with Crippen molar-refractivity contribution in [1.82, 2.24) is 0 Å². The third-order valence-corrected chi connectivity index (χ3v) is 5.05. The van der Waals surface area contributed by atoms with Gasteiger partial charge in [-0.15, -0.1) is 0 Å². The molecule has 120 valence electrons. The Labute approximate surface area is 153 Å². The molecule has 1 aliphatic heterocycles. The quantitative estimate of drug-likeness (QED) is 0.665. The van der Waals surface area contributed by atoms with Gasteiger partial charge < -0.3 is 5.11 Å². The molecule has 0 saturated carbocycles. The highest BCUT2D eigenvalue weighted by Crippen LogP contribution is 2.35. The van der Waals surface area contributed by atoms with E-state index in [1.165, 1.54) is 16.8 Å². The van der Waals surface area contributed by atoms with E-state index < -0.39 is 0 Å². The topological polar surface area (TPSA) is 26.5 Å². The molecule has 0 unspecified atom stereocenters.